The van der Waals surface area contributed by atoms with E-state index in [-0.39, 0.29) is 12.4 Å². The summed E-state index contributed by atoms with van der Waals surface area (Å²) >= 11 is 0. The molecule has 152 valence electrons. The molecule has 0 aromatic heterocycles. The van der Waals surface area contributed by atoms with Gasteiger partial charge >= 0.3 is 5.97 Å². The van der Waals surface area contributed by atoms with Gasteiger partial charge in [0.2, 0.25) is 0 Å². The third-order valence-corrected chi connectivity index (χ3v) is 4.09. The molecule has 0 N–H and O–H groups in total. The number of carbonyl (C=O) groups excluding carboxylic acids is 2. The Morgan fingerprint density at radius 1 is 0.962 bits per heavy atom. The summed E-state index contributed by atoms with van der Waals surface area (Å²) in [6.45, 7) is 2.68. The largest absolute Gasteiger partial charge is 0.550 e. The van der Waals surface area contributed by atoms with Crippen LogP contribution in [-0.2, 0) is 14.3 Å². The third-order valence-electron chi connectivity index (χ3n) is 4.09. The van der Waals surface area contributed by atoms with Gasteiger partial charge in [-0.25, -0.2) is 0 Å². The normalized spacial score (nSPS) is 13.1. The van der Waals surface area contributed by atoms with Crippen LogP contribution < -0.4 is 5.11 Å². The molecule has 0 rings (SSSR count). The minimum Gasteiger partial charge on any atom is -0.550 e. The highest BCUT2D eigenvalue weighted by atomic mass is 16.5. The average molecular weight is 370 g/mol. The summed E-state index contributed by atoms with van der Waals surface area (Å²) in [5.74, 6) is -1.49. The summed E-state index contributed by atoms with van der Waals surface area (Å²) in [6, 6.07) is 0. The zero-order chi connectivity index (χ0) is 19.8. The van der Waals surface area contributed by atoms with Crippen LogP contribution in [0.5, 0.6) is 0 Å². The second kappa shape index (κ2) is 14.8. The molecule has 0 aliphatic heterocycles. The lowest BCUT2D eigenvalue weighted by Gasteiger charge is -2.29. The number of carboxylic acid groups (broad SMARTS) is 1. The molecule has 1 unspecified atom stereocenters. The van der Waals surface area contributed by atoms with Crippen LogP contribution >= 0.6 is 0 Å². The molecular formula is C21H39NO4. The van der Waals surface area contributed by atoms with Crippen molar-refractivity contribution in [3.05, 3.63) is 12.2 Å². The zero-order valence-corrected chi connectivity index (χ0v) is 17.3. The first-order chi connectivity index (χ1) is 12.2. The predicted octanol–water partition coefficient (Wildman–Crippen LogP) is 3.22. The number of nitrogens with zero attached hydrogens (tertiary/aromatic N) is 1. The summed E-state index contributed by atoms with van der Waals surface area (Å²) in [5.41, 5.74) is 0. The monoisotopic (exact) mass is 369 g/mol. The quantitative estimate of drug-likeness (QED) is 0.181. The number of rotatable bonds is 16. The summed E-state index contributed by atoms with van der Waals surface area (Å²) < 4.78 is 5.88. The maximum Gasteiger partial charge on any atom is 0.306 e. The highest BCUT2D eigenvalue weighted by Crippen LogP contribution is 2.10. The molecule has 0 fully saturated rings. The predicted molar refractivity (Wildman–Crippen MR) is 103 cm³/mol. The van der Waals surface area contributed by atoms with Crippen LogP contribution in [0.15, 0.2) is 12.2 Å². The van der Waals surface area contributed by atoms with Crippen LogP contribution in [0.4, 0.5) is 0 Å². The van der Waals surface area contributed by atoms with E-state index in [9.17, 15) is 14.7 Å². The molecule has 0 aliphatic carbocycles. The fraction of sp³-hybridized carbons (Fsp3) is 0.810. The van der Waals surface area contributed by atoms with Gasteiger partial charge in [-0.1, -0.05) is 44.8 Å². The Balaban J connectivity index is 3.82. The van der Waals surface area contributed by atoms with Gasteiger partial charge in [0.25, 0.3) is 0 Å². The molecular weight excluding hydrogens is 330 g/mol. The van der Waals surface area contributed by atoms with Gasteiger partial charge in [0.1, 0.15) is 6.54 Å². The minimum atomic E-state index is -1.18. The Bertz CT molecular complexity index is 413. The molecule has 0 amide bonds. The molecule has 0 heterocycles. The smallest absolute Gasteiger partial charge is 0.306 e. The third kappa shape index (κ3) is 17.5. The van der Waals surface area contributed by atoms with E-state index in [1.807, 2.05) is 21.1 Å². The molecule has 0 aromatic rings. The van der Waals surface area contributed by atoms with Crippen molar-refractivity contribution in [3.63, 3.8) is 0 Å². The highest BCUT2D eigenvalue weighted by molar-refractivity contribution is 5.70. The SMILES string of the molecule is CCCCCC/C=C/CCCCCC(=O)OC(CC(=O)[O-])C[N+](C)(C)C. The van der Waals surface area contributed by atoms with Crippen molar-refractivity contribution in [1.29, 1.82) is 0 Å². The van der Waals surface area contributed by atoms with E-state index < -0.39 is 12.1 Å². The van der Waals surface area contributed by atoms with Gasteiger partial charge in [-0.2, -0.15) is 0 Å². The van der Waals surface area contributed by atoms with Gasteiger partial charge in [0.15, 0.2) is 6.10 Å². The summed E-state index contributed by atoms with van der Waals surface area (Å²) in [6.07, 6.45) is 14.2. The first-order valence-corrected chi connectivity index (χ1v) is 10.1. The van der Waals surface area contributed by atoms with E-state index in [0.717, 1.165) is 25.7 Å². The van der Waals surface area contributed by atoms with Crippen LogP contribution in [0.3, 0.4) is 0 Å². The molecule has 0 aromatic carbocycles. The highest BCUT2D eigenvalue weighted by Gasteiger charge is 2.22. The molecule has 1 atom stereocenters. The first kappa shape index (κ1) is 24.6. The zero-order valence-electron chi connectivity index (χ0n) is 17.3. The van der Waals surface area contributed by atoms with Crippen LogP contribution in [-0.4, -0.2) is 50.2 Å². The lowest BCUT2D eigenvalue weighted by atomic mass is 10.1. The second-order valence-corrected chi connectivity index (χ2v) is 8.08. The van der Waals surface area contributed by atoms with E-state index in [4.69, 9.17) is 4.74 Å². The van der Waals surface area contributed by atoms with Gasteiger partial charge in [0, 0.05) is 18.8 Å². The number of unbranched alkanes of at least 4 members (excludes halogenated alkanes) is 7. The van der Waals surface area contributed by atoms with Gasteiger partial charge in [-0.05, 0) is 32.1 Å². The molecule has 0 bridgehead atoms. The minimum absolute atomic E-state index is 0.246. The lowest BCUT2D eigenvalue weighted by Crippen LogP contribution is -2.45. The molecule has 26 heavy (non-hydrogen) atoms. The van der Waals surface area contributed by atoms with E-state index in [1.54, 1.807) is 0 Å². The van der Waals surface area contributed by atoms with E-state index >= 15 is 0 Å². The molecule has 0 saturated carbocycles. The van der Waals surface area contributed by atoms with Gasteiger partial charge in [0.05, 0.1) is 21.1 Å². The number of allylic oxidation sites excluding steroid dienone is 2. The Morgan fingerprint density at radius 2 is 1.54 bits per heavy atom. The Labute approximate surface area is 160 Å². The van der Waals surface area contributed by atoms with Crippen molar-refractivity contribution in [2.45, 2.75) is 83.7 Å². The first-order valence-electron chi connectivity index (χ1n) is 10.1. The number of quaternary nitrogens is 1. The molecule has 5 nitrogen and oxygen atoms in total. The summed E-state index contributed by atoms with van der Waals surface area (Å²) in [5, 5.41) is 10.8. The van der Waals surface area contributed by atoms with Gasteiger partial charge < -0.3 is 19.1 Å². The standard InChI is InChI=1S/C21H39NO4/c1-5-6-7-8-9-10-11-12-13-14-15-16-21(25)26-19(17-20(23)24)18-22(2,3)4/h10-11,19H,5-9,12-18H2,1-4H3/b11-10+. The van der Waals surface area contributed by atoms with Gasteiger partial charge in [-0.15, -0.1) is 0 Å². The van der Waals surface area contributed by atoms with Crippen molar-refractivity contribution in [2.75, 3.05) is 27.7 Å². The number of likely N-dealkylation sites (N-methyl/N-ethyl adjacent to an activating group) is 1. The Hall–Kier alpha value is -1.36. The van der Waals surface area contributed by atoms with Crippen LogP contribution in [0.2, 0.25) is 0 Å². The maximum absolute atomic E-state index is 11.9. The fourth-order valence-electron chi connectivity index (χ4n) is 2.82. The summed E-state index contributed by atoms with van der Waals surface area (Å²) in [4.78, 5) is 22.7. The maximum atomic E-state index is 11.9. The van der Waals surface area contributed by atoms with E-state index in [1.165, 1.54) is 32.1 Å². The van der Waals surface area contributed by atoms with Crippen molar-refractivity contribution in [1.82, 2.24) is 0 Å². The summed E-state index contributed by atoms with van der Waals surface area (Å²) in [7, 11) is 5.81. The number of esters is 1. The van der Waals surface area contributed by atoms with Crippen molar-refractivity contribution in [2.24, 2.45) is 0 Å². The Morgan fingerprint density at radius 3 is 2.04 bits per heavy atom. The number of carbonyl (C=O) groups is 2. The topological polar surface area (TPSA) is 66.4 Å². The number of hydrogen-bond acceptors (Lipinski definition) is 4. The Kier molecular flexibility index (Phi) is 14.0. The van der Waals surface area contributed by atoms with Crippen molar-refractivity contribution >= 4 is 11.9 Å². The van der Waals surface area contributed by atoms with E-state index in [2.05, 4.69) is 19.1 Å². The van der Waals surface area contributed by atoms with Crippen LogP contribution in [0.25, 0.3) is 0 Å². The van der Waals surface area contributed by atoms with Crippen LogP contribution in [0.1, 0.15) is 77.6 Å². The van der Waals surface area contributed by atoms with Crippen LogP contribution in [0, 0.1) is 0 Å². The number of hydrogen-bond donors (Lipinski definition) is 0. The average Bonchev–Trinajstić information content (AvgIpc) is 2.50. The van der Waals surface area contributed by atoms with Gasteiger partial charge in [-0.3, -0.25) is 4.79 Å². The molecule has 0 spiro atoms. The molecule has 0 aliphatic rings. The number of carboxylic acids is 1. The van der Waals surface area contributed by atoms with E-state index in [0.29, 0.717) is 17.4 Å². The number of aliphatic carboxylic acids is 1. The fourth-order valence-corrected chi connectivity index (χ4v) is 2.82. The molecule has 5 heteroatoms. The lowest BCUT2D eigenvalue weighted by molar-refractivity contribution is -0.873. The number of ether oxygens (including phenoxy) is 1. The molecule has 0 radical (unpaired) electrons. The van der Waals surface area contributed by atoms with Crippen molar-refractivity contribution in [3.8, 4) is 0 Å². The second-order valence-electron chi connectivity index (χ2n) is 8.08. The van der Waals surface area contributed by atoms with Crippen molar-refractivity contribution < 1.29 is 23.9 Å². The molecule has 0 saturated heterocycles.